The Bertz CT molecular complexity index is 594. The molecule has 1 aromatic carbocycles. The van der Waals surface area contributed by atoms with Gasteiger partial charge in [-0.1, -0.05) is 0 Å². The molecule has 0 aliphatic rings. The Kier molecular flexibility index (Phi) is 2.03. The Morgan fingerprint density at radius 2 is 1.80 bits per heavy atom. The molecule has 0 spiro atoms. The number of fused-ring (bicyclic) bond motifs is 1. The molecule has 0 amide bonds. The second-order valence-electron chi connectivity index (χ2n) is 3.78. The summed E-state index contributed by atoms with van der Waals surface area (Å²) in [4.78, 5) is 11.4. The van der Waals surface area contributed by atoms with E-state index >= 15 is 0 Å². The third-order valence-corrected chi connectivity index (χ3v) is 2.73. The van der Waals surface area contributed by atoms with Crippen molar-refractivity contribution in [1.82, 2.24) is 0 Å². The van der Waals surface area contributed by atoms with Gasteiger partial charge in [-0.05, 0) is 38.0 Å². The lowest BCUT2D eigenvalue weighted by molar-refractivity contribution is 0.472. The van der Waals surface area contributed by atoms with Gasteiger partial charge in [-0.3, -0.25) is 0 Å². The maximum atomic E-state index is 11.4. The number of phenols is 1. The smallest absolute Gasteiger partial charge is 0.339 e. The maximum Gasteiger partial charge on any atom is 0.339 e. The fraction of sp³-hybridized carbons (Fsp3) is 0.250. The summed E-state index contributed by atoms with van der Waals surface area (Å²) in [7, 11) is 0. The summed E-state index contributed by atoms with van der Waals surface area (Å²) in [5.41, 5.74) is 2.55. The minimum Gasteiger partial charge on any atom is -0.508 e. The van der Waals surface area contributed by atoms with Gasteiger partial charge in [-0.2, -0.15) is 0 Å². The topological polar surface area (TPSA) is 50.4 Å². The van der Waals surface area contributed by atoms with Gasteiger partial charge in [0.25, 0.3) is 0 Å². The largest absolute Gasteiger partial charge is 0.508 e. The van der Waals surface area contributed by atoms with Crippen LogP contribution in [0.15, 0.2) is 21.3 Å². The van der Waals surface area contributed by atoms with E-state index in [2.05, 4.69) is 0 Å². The van der Waals surface area contributed by atoms with Crippen LogP contribution in [-0.2, 0) is 0 Å². The zero-order valence-electron chi connectivity index (χ0n) is 8.92. The van der Waals surface area contributed by atoms with Crippen LogP contribution < -0.4 is 5.63 Å². The quantitative estimate of drug-likeness (QED) is 0.670. The molecule has 1 heterocycles. The third-order valence-electron chi connectivity index (χ3n) is 2.73. The molecule has 0 radical (unpaired) electrons. The molecule has 0 fully saturated rings. The molecule has 0 aliphatic carbocycles. The molecule has 3 heteroatoms. The summed E-state index contributed by atoms with van der Waals surface area (Å²) in [6.07, 6.45) is 0. The molecule has 1 N–H and O–H groups in total. The van der Waals surface area contributed by atoms with Gasteiger partial charge in [0.05, 0.1) is 0 Å². The number of hydrogen-bond donors (Lipinski definition) is 1. The van der Waals surface area contributed by atoms with E-state index in [-0.39, 0.29) is 11.4 Å². The van der Waals surface area contributed by atoms with Crippen LogP contribution in [0.5, 0.6) is 5.75 Å². The first-order valence-corrected chi connectivity index (χ1v) is 4.74. The molecule has 0 bridgehead atoms. The first-order chi connectivity index (χ1) is 7.00. The van der Waals surface area contributed by atoms with E-state index < -0.39 is 0 Å². The lowest BCUT2D eigenvalue weighted by Gasteiger charge is -2.07. The molecule has 15 heavy (non-hydrogen) atoms. The summed E-state index contributed by atoms with van der Waals surface area (Å²) in [6.45, 7) is 5.51. The lowest BCUT2D eigenvalue weighted by Crippen LogP contribution is -2.06. The molecule has 0 saturated heterocycles. The van der Waals surface area contributed by atoms with Crippen molar-refractivity contribution in [3.63, 3.8) is 0 Å². The van der Waals surface area contributed by atoms with Crippen LogP contribution in [0.25, 0.3) is 11.0 Å². The summed E-state index contributed by atoms with van der Waals surface area (Å²) >= 11 is 0. The van der Waals surface area contributed by atoms with Crippen molar-refractivity contribution >= 4 is 11.0 Å². The van der Waals surface area contributed by atoms with Crippen LogP contribution in [0.4, 0.5) is 0 Å². The molecule has 0 atom stereocenters. The summed E-state index contributed by atoms with van der Waals surface area (Å²) < 4.78 is 5.12. The molecule has 3 nitrogen and oxygen atoms in total. The van der Waals surface area contributed by atoms with E-state index in [4.69, 9.17) is 4.42 Å². The third kappa shape index (κ3) is 1.40. The summed E-state index contributed by atoms with van der Waals surface area (Å²) in [5, 5.41) is 10.3. The Labute approximate surface area is 87.0 Å². The van der Waals surface area contributed by atoms with Crippen molar-refractivity contribution in [3.05, 3.63) is 39.2 Å². The van der Waals surface area contributed by atoms with E-state index in [9.17, 15) is 9.90 Å². The Morgan fingerprint density at radius 3 is 2.47 bits per heavy atom. The molecular formula is C12H12O3. The number of rotatable bonds is 0. The SMILES string of the molecule is Cc1c(C)c2c(C)cc(O)cc2oc1=O. The van der Waals surface area contributed by atoms with Gasteiger partial charge in [-0.25, -0.2) is 4.79 Å². The first-order valence-electron chi connectivity index (χ1n) is 4.74. The molecule has 1 aromatic heterocycles. The number of benzene rings is 1. The van der Waals surface area contributed by atoms with Gasteiger partial charge in [0.2, 0.25) is 0 Å². The van der Waals surface area contributed by atoms with E-state index in [1.54, 1.807) is 13.0 Å². The van der Waals surface area contributed by atoms with Crippen LogP contribution in [0.3, 0.4) is 0 Å². The van der Waals surface area contributed by atoms with Gasteiger partial charge in [-0.15, -0.1) is 0 Å². The summed E-state index contributed by atoms with van der Waals surface area (Å²) in [5.74, 6) is 0.117. The average molecular weight is 204 g/mol. The van der Waals surface area contributed by atoms with E-state index in [1.807, 2.05) is 13.8 Å². The van der Waals surface area contributed by atoms with E-state index in [0.29, 0.717) is 11.1 Å². The highest BCUT2D eigenvalue weighted by Gasteiger charge is 2.10. The van der Waals surface area contributed by atoms with Gasteiger partial charge in [0, 0.05) is 17.0 Å². The van der Waals surface area contributed by atoms with Crippen LogP contribution in [0.2, 0.25) is 0 Å². The van der Waals surface area contributed by atoms with Crippen molar-refractivity contribution in [3.8, 4) is 5.75 Å². The maximum absolute atomic E-state index is 11.4. The number of aryl methyl sites for hydroxylation is 2. The van der Waals surface area contributed by atoms with Crippen LogP contribution in [-0.4, -0.2) is 5.11 Å². The molecule has 2 aromatic rings. The Balaban J connectivity index is 3.05. The second-order valence-corrected chi connectivity index (χ2v) is 3.78. The Morgan fingerprint density at radius 1 is 1.13 bits per heavy atom. The number of hydrogen-bond acceptors (Lipinski definition) is 3. The van der Waals surface area contributed by atoms with Gasteiger partial charge < -0.3 is 9.52 Å². The van der Waals surface area contributed by atoms with Gasteiger partial charge in [0.15, 0.2) is 0 Å². The fourth-order valence-corrected chi connectivity index (χ4v) is 1.81. The average Bonchev–Trinajstić information content (AvgIpc) is 2.13. The van der Waals surface area contributed by atoms with Gasteiger partial charge in [0.1, 0.15) is 11.3 Å². The van der Waals surface area contributed by atoms with Crippen molar-refractivity contribution < 1.29 is 9.52 Å². The number of phenolic OH excluding ortho intramolecular Hbond substituents is 1. The van der Waals surface area contributed by atoms with Crippen LogP contribution in [0, 0.1) is 20.8 Å². The molecular weight excluding hydrogens is 192 g/mol. The highest BCUT2D eigenvalue weighted by Crippen LogP contribution is 2.26. The fourth-order valence-electron chi connectivity index (χ4n) is 1.81. The lowest BCUT2D eigenvalue weighted by atomic mass is 10.0. The molecule has 0 saturated carbocycles. The van der Waals surface area contributed by atoms with E-state index in [0.717, 1.165) is 16.5 Å². The standard InChI is InChI=1S/C12H12O3/c1-6-4-9(13)5-10-11(6)7(2)8(3)12(14)15-10/h4-5,13H,1-3H3. The molecule has 78 valence electrons. The van der Waals surface area contributed by atoms with Crippen molar-refractivity contribution in [2.75, 3.05) is 0 Å². The second kappa shape index (κ2) is 3.12. The number of aromatic hydroxyl groups is 1. The monoisotopic (exact) mass is 204 g/mol. The van der Waals surface area contributed by atoms with Crippen molar-refractivity contribution in [2.45, 2.75) is 20.8 Å². The normalized spacial score (nSPS) is 10.9. The predicted molar refractivity (Wildman–Crippen MR) is 58.4 cm³/mol. The van der Waals surface area contributed by atoms with Crippen LogP contribution >= 0.6 is 0 Å². The van der Waals surface area contributed by atoms with Gasteiger partial charge >= 0.3 is 5.63 Å². The van der Waals surface area contributed by atoms with E-state index in [1.165, 1.54) is 6.07 Å². The van der Waals surface area contributed by atoms with Crippen molar-refractivity contribution in [1.29, 1.82) is 0 Å². The Hall–Kier alpha value is -1.77. The molecule has 2 rings (SSSR count). The van der Waals surface area contributed by atoms with Crippen molar-refractivity contribution in [2.24, 2.45) is 0 Å². The minimum absolute atomic E-state index is 0.117. The molecule has 0 unspecified atom stereocenters. The minimum atomic E-state index is -0.343. The first kappa shape index (κ1) is 9.77. The zero-order valence-corrected chi connectivity index (χ0v) is 8.92. The molecule has 0 aliphatic heterocycles. The highest BCUT2D eigenvalue weighted by atomic mass is 16.4. The van der Waals surface area contributed by atoms with Crippen LogP contribution in [0.1, 0.15) is 16.7 Å². The zero-order chi connectivity index (χ0) is 11.2. The summed E-state index contributed by atoms with van der Waals surface area (Å²) in [6, 6.07) is 3.13. The predicted octanol–water partition coefficient (Wildman–Crippen LogP) is 2.42. The highest BCUT2D eigenvalue weighted by molar-refractivity contribution is 5.85.